The van der Waals surface area contributed by atoms with Crippen molar-refractivity contribution in [3.05, 3.63) is 21.9 Å². The molecule has 0 atom stereocenters. The van der Waals surface area contributed by atoms with Gasteiger partial charge in [0.25, 0.3) is 0 Å². The number of thiophene rings is 1. The van der Waals surface area contributed by atoms with Gasteiger partial charge in [-0.05, 0) is 18.1 Å². The lowest BCUT2D eigenvalue weighted by Crippen LogP contribution is -2.35. The second kappa shape index (κ2) is 5.10. The van der Waals surface area contributed by atoms with Gasteiger partial charge in [0, 0.05) is 29.4 Å². The first-order chi connectivity index (χ1) is 7.25. The van der Waals surface area contributed by atoms with E-state index in [1.807, 2.05) is 11.3 Å². The number of nitrogens with zero attached hydrogens (tertiary/aromatic N) is 1. The molecule has 2 rings (SSSR count). The van der Waals surface area contributed by atoms with Crippen molar-refractivity contribution in [3.63, 3.8) is 0 Å². The van der Waals surface area contributed by atoms with E-state index in [0.29, 0.717) is 5.92 Å². The zero-order chi connectivity index (χ0) is 10.7. The Morgan fingerprint density at radius 1 is 1.33 bits per heavy atom. The molecule has 0 amide bonds. The fourth-order valence-electron chi connectivity index (χ4n) is 1.77. The lowest BCUT2D eigenvalue weighted by molar-refractivity contribution is 0.0346. The molecule has 0 unspecified atom stereocenters. The Kier molecular flexibility index (Phi) is 3.78. The summed E-state index contributed by atoms with van der Waals surface area (Å²) in [4.78, 5) is 5.46. The van der Waals surface area contributed by atoms with Crippen LogP contribution in [0.4, 0.5) is 0 Å². The van der Waals surface area contributed by atoms with Crippen LogP contribution in [0.3, 0.4) is 0 Å². The fourth-order valence-corrected chi connectivity index (χ4v) is 2.83. The molecule has 1 aliphatic heterocycles. The third-order valence-corrected chi connectivity index (χ3v) is 4.11. The van der Waals surface area contributed by atoms with Crippen molar-refractivity contribution < 1.29 is 4.74 Å². The molecule has 1 aliphatic rings. The third-order valence-electron chi connectivity index (χ3n) is 2.73. The quantitative estimate of drug-likeness (QED) is 0.784. The second-order valence-electron chi connectivity index (χ2n) is 4.35. The molecular weight excluding hydrogens is 206 g/mol. The highest BCUT2D eigenvalue weighted by Crippen LogP contribution is 2.25. The number of hydrogen-bond acceptors (Lipinski definition) is 3. The summed E-state index contributed by atoms with van der Waals surface area (Å²) in [6.45, 7) is 9.55. The maximum atomic E-state index is 5.34. The highest BCUT2D eigenvalue weighted by molar-refractivity contribution is 7.12. The van der Waals surface area contributed by atoms with Crippen LogP contribution in [0.5, 0.6) is 0 Å². The Hall–Kier alpha value is -0.380. The normalized spacial score (nSPS) is 18.6. The van der Waals surface area contributed by atoms with Gasteiger partial charge in [0.2, 0.25) is 0 Å². The molecule has 1 aromatic heterocycles. The highest BCUT2D eigenvalue weighted by atomic mass is 32.1. The maximum Gasteiger partial charge on any atom is 0.0594 e. The molecule has 84 valence electrons. The van der Waals surface area contributed by atoms with E-state index in [2.05, 4.69) is 30.9 Å². The standard InChI is InChI=1S/C12H19NOS/c1-10(2)12-4-3-11(15-12)9-13-5-7-14-8-6-13/h3-4,10H,5-9H2,1-2H3. The number of rotatable bonds is 3. The van der Waals surface area contributed by atoms with Crippen LogP contribution < -0.4 is 0 Å². The molecule has 1 fully saturated rings. The van der Waals surface area contributed by atoms with Gasteiger partial charge in [-0.3, -0.25) is 4.90 Å². The summed E-state index contributed by atoms with van der Waals surface area (Å²) < 4.78 is 5.34. The van der Waals surface area contributed by atoms with E-state index < -0.39 is 0 Å². The summed E-state index contributed by atoms with van der Waals surface area (Å²) in [6.07, 6.45) is 0. The van der Waals surface area contributed by atoms with Crippen LogP contribution in [0.15, 0.2) is 12.1 Å². The van der Waals surface area contributed by atoms with Crippen molar-refractivity contribution in [2.45, 2.75) is 26.3 Å². The summed E-state index contributed by atoms with van der Waals surface area (Å²) >= 11 is 1.95. The number of hydrogen-bond donors (Lipinski definition) is 0. The van der Waals surface area contributed by atoms with Gasteiger partial charge in [-0.25, -0.2) is 0 Å². The van der Waals surface area contributed by atoms with Crippen molar-refractivity contribution in [2.24, 2.45) is 0 Å². The van der Waals surface area contributed by atoms with Gasteiger partial charge >= 0.3 is 0 Å². The maximum absolute atomic E-state index is 5.34. The molecule has 15 heavy (non-hydrogen) atoms. The van der Waals surface area contributed by atoms with Crippen LogP contribution in [-0.2, 0) is 11.3 Å². The Balaban J connectivity index is 1.91. The van der Waals surface area contributed by atoms with E-state index in [-0.39, 0.29) is 0 Å². The van der Waals surface area contributed by atoms with Gasteiger partial charge in [-0.15, -0.1) is 11.3 Å². The Morgan fingerprint density at radius 2 is 2.07 bits per heavy atom. The van der Waals surface area contributed by atoms with Crippen LogP contribution in [0, 0.1) is 0 Å². The van der Waals surface area contributed by atoms with Crippen LogP contribution in [0.2, 0.25) is 0 Å². The molecule has 2 nitrogen and oxygen atoms in total. The molecule has 3 heteroatoms. The molecule has 0 spiro atoms. The smallest absolute Gasteiger partial charge is 0.0594 e. The van der Waals surface area contributed by atoms with E-state index in [9.17, 15) is 0 Å². The van der Waals surface area contributed by atoms with Crippen molar-refractivity contribution in [2.75, 3.05) is 26.3 Å². The van der Waals surface area contributed by atoms with Crippen molar-refractivity contribution in [3.8, 4) is 0 Å². The summed E-state index contributed by atoms with van der Waals surface area (Å²) in [5, 5.41) is 0. The second-order valence-corrected chi connectivity index (χ2v) is 5.55. The van der Waals surface area contributed by atoms with E-state index in [1.54, 1.807) is 0 Å². The largest absolute Gasteiger partial charge is 0.379 e. The monoisotopic (exact) mass is 225 g/mol. The van der Waals surface area contributed by atoms with E-state index in [0.717, 1.165) is 32.8 Å². The molecule has 0 aromatic carbocycles. The first-order valence-corrected chi connectivity index (χ1v) is 6.46. The first kappa shape index (κ1) is 11.1. The average molecular weight is 225 g/mol. The molecule has 1 saturated heterocycles. The van der Waals surface area contributed by atoms with E-state index in [4.69, 9.17) is 4.74 Å². The van der Waals surface area contributed by atoms with Gasteiger partial charge in [0.1, 0.15) is 0 Å². The minimum atomic E-state index is 0.661. The van der Waals surface area contributed by atoms with Gasteiger partial charge in [-0.2, -0.15) is 0 Å². The first-order valence-electron chi connectivity index (χ1n) is 5.64. The molecule has 0 radical (unpaired) electrons. The predicted octanol–water partition coefficient (Wildman–Crippen LogP) is 2.70. The van der Waals surface area contributed by atoms with Crippen molar-refractivity contribution >= 4 is 11.3 Å². The molecule has 0 N–H and O–H groups in total. The minimum Gasteiger partial charge on any atom is -0.379 e. The summed E-state index contributed by atoms with van der Waals surface area (Å²) in [7, 11) is 0. The molecule has 2 heterocycles. The topological polar surface area (TPSA) is 12.5 Å². The molecule has 0 saturated carbocycles. The molecule has 0 aliphatic carbocycles. The summed E-state index contributed by atoms with van der Waals surface area (Å²) in [5.41, 5.74) is 0. The van der Waals surface area contributed by atoms with Crippen molar-refractivity contribution in [1.29, 1.82) is 0 Å². The lowest BCUT2D eigenvalue weighted by Gasteiger charge is -2.25. The zero-order valence-corrected chi connectivity index (χ0v) is 10.3. The molecule has 1 aromatic rings. The van der Waals surface area contributed by atoms with Gasteiger partial charge in [0.05, 0.1) is 13.2 Å². The number of morpholine rings is 1. The molecular formula is C12H19NOS. The number of ether oxygens (including phenoxy) is 1. The predicted molar refractivity (Wildman–Crippen MR) is 64.5 cm³/mol. The third kappa shape index (κ3) is 3.03. The van der Waals surface area contributed by atoms with Gasteiger partial charge in [0.15, 0.2) is 0 Å². The van der Waals surface area contributed by atoms with Gasteiger partial charge < -0.3 is 4.74 Å². The van der Waals surface area contributed by atoms with Crippen LogP contribution in [0.1, 0.15) is 29.5 Å². The van der Waals surface area contributed by atoms with Crippen LogP contribution >= 0.6 is 11.3 Å². The fraction of sp³-hybridized carbons (Fsp3) is 0.667. The van der Waals surface area contributed by atoms with E-state index >= 15 is 0 Å². The van der Waals surface area contributed by atoms with E-state index in [1.165, 1.54) is 9.75 Å². The van der Waals surface area contributed by atoms with Crippen LogP contribution in [-0.4, -0.2) is 31.2 Å². The molecule has 0 bridgehead atoms. The SMILES string of the molecule is CC(C)c1ccc(CN2CCOCC2)s1. The zero-order valence-electron chi connectivity index (χ0n) is 9.53. The highest BCUT2D eigenvalue weighted by Gasteiger charge is 2.12. The average Bonchev–Trinajstić information content (AvgIpc) is 2.68. The Labute approximate surface area is 95.9 Å². The Morgan fingerprint density at radius 3 is 2.67 bits per heavy atom. The lowest BCUT2D eigenvalue weighted by atomic mass is 10.2. The summed E-state index contributed by atoms with van der Waals surface area (Å²) in [5.74, 6) is 0.661. The van der Waals surface area contributed by atoms with Gasteiger partial charge in [-0.1, -0.05) is 13.8 Å². The summed E-state index contributed by atoms with van der Waals surface area (Å²) in [6, 6.07) is 4.54. The Bertz CT molecular complexity index is 302. The minimum absolute atomic E-state index is 0.661. The van der Waals surface area contributed by atoms with Crippen LogP contribution in [0.25, 0.3) is 0 Å². The van der Waals surface area contributed by atoms with Crippen molar-refractivity contribution in [1.82, 2.24) is 4.90 Å².